The van der Waals surface area contributed by atoms with E-state index in [-0.39, 0.29) is 11.8 Å². The molecule has 0 saturated carbocycles. The van der Waals surface area contributed by atoms with Gasteiger partial charge < -0.3 is 9.52 Å². The Hall–Kier alpha value is -1.25. The summed E-state index contributed by atoms with van der Waals surface area (Å²) >= 11 is 0. The third-order valence-electron chi connectivity index (χ3n) is 3.09. The van der Waals surface area contributed by atoms with Gasteiger partial charge in [0.05, 0.1) is 12.2 Å². The summed E-state index contributed by atoms with van der Waals surface area (Å²) in [4.78, 5) is 11.0. The zero-order valence-electron chi connectivity index (χ0n) is 8.19. The molecule has 0 bridgehead atoms. The van der Waals surface area contributed by atoms with Crippen LogP contribution in [-0.4, -0.2) is 11.1 Å². The number of furan rings is 1. The topological polar surface area (TPSA) is 50.4 Å². The van der Waals surface area contributed by atoms with Crippen molar-refractivity contribution in [3.63, 3.8) is 0 Å². The van der Waals surface area contributed by atoms with Crippen LogP contribution >= 0.6 is 0 Å². The van der Waals surface area contributed by atoms with Gasteiger partial charge in [-0.15, -0.1) is 0 Å². The molecule has 1 aromatic heterocycles. The zero-order valence-corrected chi connectivity index (χ0v) is 8.19. The zero-order chi connectivity index (χ0) is 10.1. The molecule has 0 radical (unpaired) electrons. The first-order chi connectivity index (χ1) is 6.72. The maximum Gasteiger partial charge on any atom is 0.306 e. The van der Waals surface area contributed by atoms with E-state index in [0.29, 0.717) is 6.42 Å². The van der Waals surface area contributed by atoms with E-state index in [1.54, 1.807) is 6.26 Å². The fourth-order valence-electron chi connectivity index (χ4n) is 2.31. The number of aliphatic carboxylic acids is 1. The first-order valence-corrected chi connectivity index (χ1v) is 5.00. The van der Waals surface area contributed by atoms with Crippen LogP contribution in [0.4, 0.5) is 0 Å². The molecular weight excluding hydrogens is 180 g/mol. The lowest BCUT2D eigenvalue weighted by Crippen LogP contribution is -2.23. The summed E-state index contributed by atoms with van der Waals surface area (Å²) in [5, 5.41) is 9.02. The van der Waals surface area contributed by atoms with Crippen LogP contribution in [0.5, 0.6) is 0 Å². The minimum absolute atomic E-state index is 0.224. The van der Waals surface area contributed by atoms with Gasteiger partial charge in [-0.05, 0) is 30.4 Å². The molecule has 0 saturated heterocycles. The Morgan fingerprint density at radius 2 is 2.50 bits per heavy atom. The number of carboxylic acid groups (broad SMARTS) is 1. The van der Waals surface area contributed by atoms with E-state index < -0.39 is 5.97 Å². The van der Waals surface area contributed by atoms with Crippen molar-refractivity contribution in [3.8, 4) is 0 Å². The Kier molecular flexibility index (Phi) is 2.32. The Balaban J connectivity index is 2.10. The molecule has 2 rings (SSSR count). The number of carboxylic acids is 1. The van der Waals surface area contributed by atoms with E-state index in [4.69, 9.17) is 9.52 Å². The van der Waals surface area contributed by atoms with E-state index in [2.05, 4.69) is 0 Å². The summed E-state index contributed by atoms with van der Waals surface area (Å²) in [5.74, 6) is 0.308. The maximum atomic E-state index is 11.0. The molecule has 2 atom stereocenters. The molecule has 0 aromatic carbocycles. The van der Waals surface area contributed by atoms with E-state index in [1.807, 2.05) is 13.0 Å². The fourth-order valence-corrected chi connectivity index (χ4v) is 2.31. The fraction of sp³-hybridized carbons (Fsp3) is 0.545. The van der Waals surface area contributed by atoms with Crippen LogP contribution in [0.1, 0.15) is 24.7 Å². The average Bonchev–Trinajstić information content (AvgIpc) is 2.63. The van der Waals surface area contributed by atoms with Crippen LogP contribution < -0.4 is 0 Å². The number of hydrogen-bond donors (Lipinski definition) is 1. The molecule has 3 nitrogen and oxygen atoms in total. The summed E-state index contributed by atoms with van der Waals surface area (Å²) in [5.41, 5.74) is 1.19. The van der Waals surface area contributed by atoms with Gasteiger partial charge in [0.1, 0.15) is 5.76 Å². The minimum atomic E-state index is -0.678. The van der Waals surface area contributed by atoms with Crippen LogP contribution in [-0.2, 0) is 17.6 Å². The SMILES string of the molecule is CCC(C(=O)O)C1Cc2ccoc2C1. The molecule has 76 valence electrons. The van der Waals surface area contributed by atoms with Crippen molar-refractivity contribution in [3.05, 3.63) is 23.7 Å². The summed E-state index contributed by atoms with van der Waals surface area (Å²) in [6, 6.07) is 1.95. The molecule has 0 aliphatic heterocycles. The van der Waals surface area contributed by atoms with E-state index in [1.165, 1.54) is 5.56 Å². The quantitative estimate of drug-likeness (QED) is 0.801. The summed E-state index contributed by atoms with van der Waals surface area (Å²) < 4.78 is 5.29. The third-order valence-corrected chi connectivity index (χ3v) is 3.09. The smallest absolute Gasteiger partial charge is 0.306 e. The third kappa shape index (κ3) is 1.43. The van der Waals surface area contributed by atoms with Gasteiger partial charge in [0.15, 0.2) is 0 Å². The molecule has 1 aliphatic carbocycles. The highest BCUT2D eigenvalue weighted by Crippen LogP contribution is 2.33. The number of hydrogen-bond acceptors (Lipinski definition) is 2. The lowest BCUT2D eigenvalue weighted by Gasteiger charge is -2.16. The standard InChI is InChI=1S/C11H14O3/c1-2-9(11(12)13)8-5-7-3-4-14-10(7)6-8/h3-4,8-9H,2,5-6H2,1H3,(H,12,13). The lowest BCUT2D eigenvalue weighted by molar-refractivity contribution is -0.143. The molecular formula is C11H14O3. The first-order valence-electron chi connectivity index (χ1n) is 5.00. The summed E-state index contributed by atoms with van der Waals surface area (Å²) in [7, 11) is 0. The second-order valence-electron chi connectivity index (χ2n) is 3.89. The van der Waals surface area contributed by atoms with Crippen LogP contribution in [0.15, 0.2) is 16.7 Å². The van der Waals surface area contributed by atoms with Crippen LogP contribution in [0, 0.1) is 11.8 Å². The van der Waals surface area contributed by atoms with Gasteiger partial charge in [-0.2, -0.15) is 0 Å². The Morgan fingerprint density at radius 3 is 3.07 bits per heavy atom. The Labute approximate surface area is 82.7 Å². The molecule has 1 aromatic rings. The van der Waals surface area contributed by atoms with Gasteiger partial charge in [-0.25, -0.2) is 0 Å². The van der Waals surface area contributed by atoms with Crippen molar-refractivity contribution in [2.24, 2.45) is 11.8 Å². The molecule has 0 spiro atoms. The van der Waals surface area contributed by atoms with Crippen LogP contribution in [0.2, 0.25) is 0 Å². The highest BCUT2D eigenvalue weighted by Gasteiger charge is 2.33. The second kappa shape index (κ2) is 3.48. The van der Waals surface area contributed by atoms with Crippen molar-refractivity contribution in [2.45, 2.75) is 26.2 Å². The second-order valence-corrected chi connectivity index (χ2v) is 3.89. The highest BCUT2D eigenvalue weighted by molar-refractivity contribution is 5.70. The number of rotatable bonds is 3. The lowest BCUT2D eigenvalue weighted by atomic mass is 9.88. The molecule has 1 heterocycles. The van der Waals surface area contributed by atoms with E-state index >= 15 is 0 Å². The van der Waals surface area contributed by atoms with Crippen molar-refractivity contribution < 1.29 is 14.3 Å². The molecule has 1 N–H and O–H groups in total. The van der Waals surface area contributed by atoms with E-state index in [9.17, 15) is 4.79 Å². The predicted molar refractivity (Wildman–Crippen MR) is 51.0 cm³/mol. The minimum Gasteiger partial charge on any atom is -0.481 e. The number of fused-ring (bicyclic) bond motifs is 1. The monoisotopic (exact) mass is 194 g/mol. The van der Waals surface area contributed by atoms with Crippen molar-refractivity contribution in [1.82, 2.24) is 0 Å². The van der Waals surface area contributed by atoms with Crippen molar-refractivity contribution >= 4 is 5.97 Å². The molecule has 14 heavy (non-hydrogen) atoms. The molecule has 3 heteroatoms. The van der Waals surface area contributed by atoms with Gasteiger partial charge in [-0.3, -0.25) is 4.79 Å². The van der Waals surface area contributed by atoms with Crippen LogP contribution in [0.3, 0.4) is 0 Å². The Bertz CT molecular complexity index is 320. The molecule has 0 fully saturated rings. The van der Waals surface area contributed by atoms with Gasteiger partial charge in [0, 0.05) is 6.42 Å². The van der Waals surface area contributed by atoms with Gasteiger partial charge >= 0.3 is 5.97 Å². The Morgan fingerprint density at radius 1 is 1.71 bits per heavy atom. The summed E-state index contributed by atoms with van der Waals surface area (Å²) in [6.07, 6.45) is 4.02. The van der Waals surface area contributed by atoms with Gasteiger partial charge in [0.25, 0.3) is 0 Å². The van der Waals surface area contributed by atoms with Gasteiger partial charge in [-0.1, -0.05) is 6.92 Å². The first kappa shape index (κ1) is 9.31. The normalized spacial score (nSPS) is 21.9. The predicted octanol–water partition coefficient (Wildman–Crippen LogP) is 2.11. The average molecular weight is 194 g/mol. The molecule has 1 aliphatic rings. The molecule has 2 unspecified atom stereocenters. The van der Waals surface area contributed by atoms with Crippen LogP contribution in [0.25, 0.3) is 0 Å². The van der Waals surface area contributed by atoms with E-state index in [0.717, 1.165) is 18.6 Å². The maximum absolute atomic E-state index is 11.0. The van der Waals surface area contributed by atoms with Gasteiger partial charge in [0.2, 0.25) is 0 Å². The highest BCUT2D eigenvalue weighted by atomic mass is 16.4. The summed E-state index contributed by atoms with van der Waals surface area (Å²) in [6.45, 7) is 1.93. The largest absolute Gasteiger partial charge is 0.481 e. The van der Waals surface area contributed by atoms with Crippen molar-refractivity contribution in [2.75, 3.05) is 0 Å². The van der Waals surface area contributed by atoms with Crippen molar-refractivity contribution in [1.29, 1.82) is 0 Å². The molecule has 0 amide bonds. The number of carbonyl (C=O) groups is 1.